The number of carbonyl (C=O) groups is 1. The van der Waals surface area contributed by atoms with Crippen LogP contribution in [0.1, 0.15) is 28.8 Å². The predicted molar refractivity (Wildman–Crippen MR) is 73.2 cm³/mol. The summed E-state index contributed by atoms with van der Waals surface area (Å²) in [6.07, 6.45) is 2.26. The first kappa shape index (κ1) is 14.9. The summed E-state index contributed by atoms with van der Waals surface area (Å²) in [7, 11) is 1.98. The van der Waals surface area contributed by atoms with Crippen LogP contribution in [0.15, 0.2) is 18.2 Å². The zero-order chi connectivity index (χ0) is 14.5. The second-order valence-electron chi connectivity index (χ2n) is 5.40. The average Bonchev–Trinajstić information content (AvgIpc) is 2.41. The number of aromatic carboxylic acids is 1. The molecule has 1 unspecified atom stereocenters. The quantitative estimate of drug-likeness (QED) is 0.900. The van der Waals surface area contributed by atoms with E-state index in [9.17, 15) is 9.18 Å². The van der Waals surface area contributed by atoms with Crippen molar-refractivity contribution >= 4 is 5.97 Å². The van der Waals surface area contributed by atoms with Crippen molar-refractivity contribution in [1.82, 2.24) is 4.90 Å². The van der Waals surface area contributed by atoms with Gasteiger partial charge in [0.15, 0.2) is 0 Å². The number of hydrogen-bond acceptors (Lipinski definition) is 3. The smallest absolute Gasteiger partial charge is 0.338 e. The first-order valence-electron chi connectivity index (χ1n) is 6.84. The van der Waals surface area contributed by atoms with Gasteiger partial charge in [-0.15, -0.1) is 0 Å². The van der Waals surface area contributed by atoms with Crippen LogP contribution in [0.5, 0.6) is 0 Å². The van der Waals surface area contributed by atoms with Gasteiger partial charge in [0, 0.05) is 19.7 Å². The van der Waals surface area contributed by atoms with Crippen molar-refractivity contribution < 1.29 is 19.0 Å². The third-order valence-corrected chi connectivity index (χ3v) is 3.54. The summed E-state index contributed by atoms with van der Waals surface area (Å²) < 4.78 is 18.8. The molecule has 0 aliphatic carbocycles. The number of hydrogen-bond donors (Lipinski definition) is 1. The van der Waals surface area contributed by atoms with Gasteiger partial charge in [0.2, 0.25) is 0 Å². The molecule has 1 heterocycles. The number of carboxylic acid groups (broad SMARTS) is 1. The Morgan fingerprint density at radius 3 is 3.00 bits per heavy atom. The summed E-state index contributed by atoms with van der Waals surface area (Å²) in [5.74, 6) is -1.40. The highest BCUT2D eigenvalue weighted by Crippen LogP contribution is 2.17. The topological polar surface area (TPSA) is 49.8 Å². The molecule has 1 atom stereocenters. The normalized spacial score (nSPS) is 19.2. The highest BCUT2D eigenvalue weighted by Gasteiger charge is 2.17. The van der Waals surface area contributed by atoms with E-state index in [0.717, 1.165) is 38.2 Å². The Kier molecular flexibility index (Phi) is 5.09. The van der Waals surface area contributed by atoms with Crippen molar-refractivity contribution in [2.75, 3.05) is 26.8 Å². The van der Waals surface area contributed by atoms with Crippen LogP contribution in [0.3, 0.4) is 0 Å². The number of benzene rings is 1. The SMILES string of the molecule is CN(Cc1ccc(F)c(C(=O)O)c1)CC1CCCOC1. The van der Waals surface area contributed by atoms with Gasteiger partial charge < -0.3 is 14.7 Å². The summed E-state index contributed by atoms with van der Waals surface area (Å²) in [6.45, 7) is 3.14. The maximum absolute atomic E-state index is 13.3. The van der Waals surface area contributed by atoms with Crippen LogP contribution in [0.25, 0.3) is 0 Å². The summed E-state index contributed by atoms with van der Waals surface area (Å²) >= 11 is 0. The summed E-state index contributed by atoms with van der Waals surface area (Å²) in [4.78, 5) is 13.0. The van der Waals surface area contributed by atoms with Crippen molar-refractivity contribution in [3.05, 3.63) is 35.1 Å². The summed E-state index contributed by atoms with van der Waals surface area (Å²) in [5, 5.41) is 8.92. The third-order valence-electron chi connectivity index (χ3n) is 3.54. The van der Waals surface area contributed by atoms with Crippen molar-refractivity contribution in [3.63, 3.8) is 0 Å². The molecule has 0 amide bonds. The Morgan fingerprint density at radius 1 is 1.55 bits per heavy atom. The largest absolute Gasteiger partial charge is 0.478 e. The minimum Gasteiger partial charge on any atom is -0.478 e. The lowest BCUT2D eigenvalue weighted by molar-refractivity contribution is 0.0411. The van der Waals surface area contributed by atoms with E-state index >= 15 is 0 Å². The van der Waals surface area contributed by atoms with Crippen molar-refractivity contribution in [1.29, 1.82) is 0 Å². The molecule has 110 valence electrons. The highest BCUT2D eigenvalue weighted by atomic mass is 19.1. The fourth-order valence-corrected chi connectivity index (χ4v) is 2.60. The lowest BCUT2D eigenvalue weighted by atomic mass is 10.0. The van der Waals surface area contributed by atoms with Crippen LogP contribution in [-0.4, -0.2) is 42.8 Å². The van der Waals surface area contributed by atoms with Gasteiger partial charge >= 0.3 is 5.97 Å². The first-order valence-corrected chi connectivity index (χ1v) is 6.84. The molecular formula is C15H20FNO3. The molecule has 4 nitrogen and oxygen atoms in total. The van der Waals surface area contributed by atoms with E-state index in [4.69, 9.17) is 9.84 Å². The van der Waals surface area contributed by atoms with Gasteiger partial charge in [-0.05, 0) is 43.5 Å². The highest BCUT2D eigenvalue weighted by molar-refractivity contribution is 5.88. The molecule has 1 N–H and O–H groups in total. The Morgan fingerprint density at radius 2 is 2.35 bits per heavy atom. The molecule has 2 rings (SSSR count). The van der Waals surface area contributed by atoms with Gasteiger partial charge in [-0.25, -0.2) is 9.18 Å². The van der Waals surface area contributed by atoms with Crippen molar-refractivity contribution in [2.24, 2.45) is 5.92 Å². The Bertz CT molecular complexity index is 472. The Hall–Kier alpha value is -1.46. The molecule has 0 saturated carbocycles. The van der Waals surface area contributed by atoms with E-state index in [1.165, 1.54) is 12.1 Å². The van der Waals surface area contributed by atoms with Crippen LogP contribution >= 0.6 is 0 Å². The van der Waals surface area contributed by atoms with Crippen LogP contribution in [0, 0.1) is 11.7 Å². The van der Waals surface area contributed by atoms with Crippen LogP contribution in [-0.2, 0) is 11.3 Å². The molecule has 0 radical (unpaired) electrons. The van der Waals surface area contributed by atoms with Crippen LogP contribution in [0.2, 0.25) is 0 Å². The molecule has 1 fully saturated rings. The zero-order valence-corrected chi connectivity index (χ0v) is 11.6. The van der Waals surface area contributed by atoms with Gasteiger partial charge in [0.05, 0.1) is 12.2 Å². The third kappa shape index (κ3) is 4.02. The van der Waals surface area contributed by atoms with Gasteiger partial charge in [-0.2, -0.15) is 0 Å². The van der Waals surface area contributed by atoms with E-state index in [1.807, 2.05) is 7.05 Å². The first-order chi connectivity index (χ1) is 9.56. The Balaban J connectivity index is 1.95. The number of halogens is 1. The zero-order valence-electron chi connectivity index (χ0n) is 11.6. The Labute approximate surface area is 118 Å². The van der Waals surface area contributed by atoms with Gasteiger partial charge in [0.1, 0.15) is 5.82 Å². The van der Waals surface area contributed by atoms with Crippen molar-refractivity contribution in [3.8, 4) is 0 Å². The monoisotopic (exact) mass is 281 g/mol. The predicted octanol–water partition coefficient (Wildman–Crippen LogP) is 2.38. The lowest BCUT2D eigenvalue weighted by Gasteiger charge is -2.27. The maximum Gasteiger partial charge on any atom is 0.338 e. The average molecular weight is 281 g/mol. The fourth-order valence-electron chi connectivity index (χ4n) is 2.60. The maximum atomic E-state index is 13.3. The molecule has 0 spiro atoms. The number of carboxylic acids is 1. The fraction of sp³-hybridized carbons (Fsp3) is 0.533. The van der Waals surface area contributed by atoms with E-state index in [2.05, 4.69) is 4.90 Å². The standard InChI is InChI=1S/C15H20FNO3/c1-17(9-12-3-2-6-20-10-12)8-11-4-5-14(16)13(7-11)15(18)19/h4-5,7,12H,2-3,6,8-10H2,1H3,(H,18,19). The molecule has 1 aliphatic heterocycles. The molecule has 5 heteroatoms. The minimum absolute atomic E-state index is 0.267. The van der Waals surface area contributed by atoms with Crippen molar-refractivity contribution in [2.45, 2.75) is 19.4 Å². The molecule has 1 aromatic carbocycles. The van der Waals surface area contributed by atoms with Gasteiger partial charge in [0.25, 0.3) is 0 Å². The molecule has 0 bridgehead atoms. The van der Waals surface area contributed by atoms with Gasteiger partial charge in [-0.3, -0.25) is 0 Å². The minimum atomic E-state index is -1.23. The molecule has 20 heavy (non-hydrogen) atoms. The van der Waals surface area contributed by atoms with E-state index in [0.29, 0.717) is 12.5 Å². The van der Waals surface area contributed by atoms with E-state index in [-0.39, 0.29) is 5.56 Å². The number of rotatable bonds is 5. The second-order valence-corrected chi connectivity index (χ2v) is 5.40. The second kappa shape index (κ2) is 6.81. The summed E-state index contributed by atoms with van der Waals surface area (Å²) in [6, 6.07) is 4.26. The molecule has 0 aromatic heterocycles. The molecule has 1 saturated heterocycles. The van der Waals surface area contributed by atoms with Crippen LogP contribution in [0.4, 0.5) is 4.39 Å². The molecule has 1 aromatic rings. The lowest BCUT2D eigenvalue weighted by Crippen LogP contribution is -2.30. The van der Waals surface area contributed by atoms with Crippen LogP contribution < -0.4 is 0 Å². The molecular weight excluding hydrogens is 261 g/mol. The van der Waals surface area contributed by atoms with Gasteiger partial charge in [-0.1, -0.05) is 6.07 Å². The summed E-state index contributed by atoms with van der Waals surface area (Å²) in [5.41, 5.74) is 0.542. The number of nitrogens with zero attached hydrogens (tertiary/aromatic N) is 1. The molecule has 1 aliphatic rings. The number of ether oxygens (including phenoxy) is 1. The van der Waals surface area contributed by atoms with E-state index in [1.54, 1.807) is 6.07 Å². The van der Waals surface area contributed by atoms with E-state index < -0.39 is 11.8 Å².